The van der Waals surface area contributed by atoms with Crippen LogP contribution in [0.5, 0.6) is 0 Å². The van der Waals surface area contributed by atoms with Crippen LogP contribution in [-0.4, -0.2) is 23.7 Å². The highest BCUT2D eigenvalue weighted by Crippen LogP contribution is 2.24. The average Bonchev–Trinajstić information content (AvgIpc) is 3.06. The van der Waals surface area contributed by atoms with Gasteiger partial charge in [0.25, 0.3) is 5.91 Å². The molecule has 5 heteroatoms. The van der Waals surface area contributed by atoms with Gasteiger partial charge in [0, 0.05) is 17.7 Å². The summed E-state index contributed by atoms with van der Waals surface area (Å²) in [5.41, 5.74) is 7.03. The largest absolute Gasteiger partial charge is 0.355 e. The second-order valence-electron chi connectivity index (χ2n) is 5.80. The number of aromatic nitrogens is 1. The van der Waals surface area contributed by atoms with Crippen molar-refractivity contribution < 1.29 is 9.32 Å². The van der Waals surface area contributed by atoms with Crippen molar-refractivity contribution in [3.8, 4) is 11.3 Å². The zero-order valence-corrected chi connectivity index (χ0v) is 12.5. The Kier molecular flexibility index (Phi) is 4.53. The van der Waals surface area contributed by atoms with E-state index in [-0.39, 0.29) is 11.9 Å². The molecule has 1 aromatic carbocycles. The summed E-state index contributed by atoms with van der Waals surface area (Å²) in [7, 11) is 0. The monoisotopic (exact) mass is 299 g/mol. The molecule has 1 aromatic heterocycles. The molecule has 22 heavy (non-hydrogen) atoms. The Balaban J connectivity index is 1.69. The first-order valence-corrected chi connectivity index (χ1v) is 7.81. The van der Waals surface area contributed by atoms with E-state index >= 15 is 0 Å². The maximum atomic E-state index is 12.3. The predicted molar refractivity (Wildman–Crippen MR) is 84.2 cm³/mol. The van der Waals surface area contributed by atoms with E-state index in [0.717, 1.165) is 24.8 Å². The number of nitrogens with zero attached hydrogens (tertiary/aromatic N) is 1. The molecule has 0 spiro atoms. The van der Waals surface area contributed by atoms with E-state index in [9.17, 15) is 4.79 Å². The molecule has 2 aromatic rings. The molecule has 1 heterocycles. The highest BCUT2D eigenvalue weighted by atomic mass is 16.5. The minimum atomic E-state index is -0.184. The number of rotatable bonds is 4. The molecule has 116 valence electrons. The molecule has 1 aliphatic rings. The van der Waals surface area contributed by atoms with Gasteiger partial charge in [0.05, 0.1) is 0 Å². The number of carbonyl (C=O) groups excluding carboxylic acids is 1. The molecule has 1 fully saturated rings. The Morgan fingerprint density at radius 1 is 1.27 bits per heavy atom. The Morgan fingerprint density at radius 2 is 2.05 bits per heavy atom. The SMILES string of the molecule is NCC1CCCCC1NC(=O)c1cc(-c2ccccc2)on1. The van der Waals surface area contributed by atoms with Crippen molar-refractivity contribution in [2.45, 2.75) is 31.7 Å². The minimum absolute atomic E-state index is 0.142. The van der Waals surface area contributed by atoms with Crippen molar-refractivity contribution in [1.82, 2.24) is 10.5 Å². The molecular formula is C17H21N3O2. The van der Waals surface area contributed by atoms with E-state index < -0.39 is 0 Å². The van der Waals surface area contributed by atoms with Gasteiger partial charge in [-0.3, -0.25) is 4.79 Å². The smallest absolute Gasteiger partial charge is 0.273 e. The molecule has 2 unspecified atom stereocenters. The van der Waals surface area contributed by atoms with Crippen LogP contribution >= 0.6 is 0 Å². The number of hydrogen-bond donors (Lipinski definition) is 2. The lowest BCUT2D eigenvalue weighted by atomic mass is 9.84. The third kappa shape index (κ3) is 3.20. The van der Waals surface area contributed by atoms with Gasteiger partial charge in [0.2, 0.25) is 0 Å². The Morgan fingerprint density at radius 3 is 2.82 bits per heavy atom. The molecule has 1 amide bonds. The van der Waals surface area contributed by atoms with Gasteiger partial charge >= 0.3 is 0 Å². The van der Waals surface area contributed by atoms with Crippen molar-refractivity contribution in [1.29, 1.82) is 0 Å². The number of carbonyl (C=O) groups is 1. The fourth-order valence-corrected chi connectivity index (χ4v) is 3.04. The summed E-state index contributed by atoms with van der Waals surface area (Å²) in [6.45, 7) is 0.610. The molecule has 0 bridgehead atoms. The normalized spacial score (nSPS) is 21.5. The van der Waals surface area contributed by atoms with Gasteiger partial charge in [0.1, 0.15) is 0 Å². The Labute approximate surface area is 129 Å². The quantitative estimate of drug-likeness (QED) is 0.909. The second kappa shape index (κ2) is 6.75. The summed E-state index contributed by atoms with van der Waals surface area (Å²) in [4.78, 5) is 12.3. The summed E-state index contributed by atoms with van der Waals surface area (Å²) >= 11 is 0. The number of benzene rings is 1. The van der Waals surface area contributed by atoms with Gasteiger partial charge in [-0.25, -0.2) is 0 Å². The lowest BCUT2D eigenvalue weighted by Crippen LogP contribution is -2.44. The van der Waals surface area contributed by atoms with Crippen molar-refractivity contribution in [3.63, 3.8) is 0 Å². The van der Waals surface area contributed by atoms with Gasteiger partial charge in [-0.05, 0) is 25.3 Å². The average molecular weight is 299 g/mol. The highest BCUT2D eigenvalue weighted by Gasteiger charge is 2.26. The number of nitrogens with one attached hydrogen (secondary N) is 1. The van der Waals surface area contributed by atoms with Crippen LogP contribution in [0.2, 0.25) is 0 Å². The summed E-state index contributed by atoms with van der Waals surface area (Å²) in [6, 6.07) is 11.5. The van der Waals surface area contributed by atoms with Gasteiger partial charge in [0.15, 0.2) is 11.5 Å². The van der Waals surface area contributed by atoms with Crippen LogP contribution in [0.15, 0.2) is 40.9 Å². The summed E-state index contributed by atoms with van der Waals surface area (Å²) < 4.78 is 5.28. The van der Waals surface area contributed by atoms with E-state index in [4.69, 9.17) is 10.3 Å². The first-order valence-electron chi connectivity index (χ1n) is 7.81. The van der Waals surface area contributed by atoms with Crippen molar-refractivity contribution in [3.05, 3.63) is 42.1 Å². The maximum Gasteiger partial charge on any atom is 0.273 e. The van der Waals surface area contributed by atoms with Crippen LogP contribution in [0.25, 0.3) is 11.3 Å². The van der Waals surface area contributed by atoms with E-state index in [1.54, 1.807) is 6.07 Å². The molecule has 3 N–H and O–H groups in total. The molecular weight excluding hydrogens is 278 g/mol. The van der Waals surface area contributed by atoms with E-state index in [0.29, 0.717) is 23.9 Å². The fraction of sp³-hybridized carbons (Fsp3) is 0.412. The number of amides is 1. The topological polar surface area (TPSA) is 81.1 Å². The first-order chi connectivity index (χ1) is 10.8. The van der Waals surface area contributed by atoms with Crippen LogP contribution in [0, 0.1) is 5.92 Å². The second-order valence-corrected chi connectivity index (χ2v) is 5.80. The molecule has 1 saturated carbocycles. The third-order valence-electron chi connectivity index (χ3n) is 4.33. The predicted octanol–water partition coefficient (Wildman–Crippen LogP) is 2.59. The molecule has 1 aliphatic carbocycles. The molecule has 0 aliphatic heterocycles. The van der Waals surface area contributed by atoms with E-state index in [2.05, 4.69) is 10.5 Å². The zero-order valence-electron chi connectivity index (χ0n) is 12.5. The lowest BCUT2D eigenvalue weighted by molar-refractivity contribution is 0.0899. The van der Waals surface area contributed by atoms with Gasteiger partial charge in [-0.2, -0.15) is 0 Å². The number of nitrogens with two attached hydrogens (primary N) is 1. The molecule has 5 nitrogen and oxygen atoms in total. The summed E-state index contributed by atoms with van der Waals surface area (Å²) in [5.74, 6) is 0.777. The molecule has 0 radical (unpaired) electrons. The maximum absolute atomic E-state index is 12.3. The lowest BCUT2D eigenvalue weighted by Gasteiger charge is -2.30. The van der Waals surface area contributed by atoms with Crippen LogP contribution in [0.1, 0.15) is 36.2 Å². The summed E-state index contributed by atoms with van der Waals surface area (Å²) in [6.07, 6.45) is 4.39. The summed E-state index contributed by atoms with van der Waals surface area (Å²) in [5, 5.41) is 6.95. The fourth-order valence-electron chi connectivity index (χ4n) is 3.04. The first kappa shape index (κ1) is 14.8. The zero-order chi connectivity index (χ0) is 15.4. The van der Waals surface area contributed by atoms with Crippen LogP contribution in [-0.2, 0) is 0 Å². The standard InChI is InChI=1S/C17H21N3O2/c18-11-13-8-4-5-9-14(13)19-17(21)15-10-16(22-20-15)12-6-2-1-3-7-12/h1-3,6-7,10,13-14H,4-5,8-9,11,18H2,(H,19,21). The van der Waals surface area contributed by atoms with E-state index in [1.807, 2.05) is 30.3 Å². The number of hydrogen-bond acceptors (Lipinski definition) is 4. The highest BCUT2D eigenvalue weighted by molar-refractivity contribution is 5.93. The van der Waals surface area contributed by atoms with Crippen molar-refractivity contribution in [2.24, 2.45) is 11.7 Å². The Bertz CT molecular complexity index is 624. The van der Waals surface area contributed by atoms with Crippen LogP contribution in [0.4, 0.5) is 0 Å². The Hall–Kier alpha value is -2.14. The van der Waals surface area contributed by atoms with E-state index in [1.165, 1.54) is 6.42 Å². The van der Waals surface area contributed by atoms with Crippen LogP contribution < -0.4 is 11.1 Å². The van der Waals surface area contributed by atoms with Gasteiger partial charge in [-0.1, -0.05) is 48.3 Å². The third-order valence-corrected chi connectivity index (χ3v) is 4.33. The molecule has 2 atom stereocenters. The molecule has 0 saturated heterocycles. The van der Waals surface area contributed by atoms with Crippen molar-refractivity contribution >= 4 is 5.91 Å². The van der Waals surface area contributed by atoms with Gasteiger partial charge < -0.3 is 15.6 Å². The van der Waals surface area contributed by atoms with Crippen LogP contribution in [0.3, 0.4) is 0 Å². The van der Waals surface area contributed by atoms with Crippen molar-refractivity contribution in [2.75, 3.05) is 6.54 Å². The van der Waals surface area contributed by atoms with Gasteiger partial charge in [-0.15, -0.1) is 0 Å². The molecule has 3 rings (SSSR count). The minimum Gasteiger partial charge on any atom is -0.355 e.